The van der Waals surface area contributed by atoms with Gasteiger partial charge in [0.25, 0.3) is 5.91 Å². The first-order chi connectivity index (χ1) is 9.31. The molecule has 0 spiro atoms. The highest BCUT2D eigenvalue weighted by atomic mass is 32.1. The summed E-state index contributed by atoms with van der Waals surface area (Å²) in [4.78, 5) is 13.4. The number of thiophene rings is 1. The van der Waals surface area contributed by atoms with Crippen molar-refractivity contribution in [1.29, 1.82) is 0 Å². The Morgan fingerprint density at radius 1 is 1.40 bits per heavy atom. The Kier molecular flexibility index (Phi) is 4.07. The molecule has 0 saturated carbocycles. The van der Waals surface area contributed by atoms with Gasteiger partial charge in [-0.15, -0.1) is 11.3 Å². The van der Waals surface area contributed by atoms with E-state index in [2.05, 4.69) is 0 Å². The molecular formula is C12H19N3O4S. The lowest BCUT2D eigenvalue weighted by atomic mass is 10.3. The molecule has 1 amide bonds. The van der Waals surface area contributed by atoms with Crippen molar-refractivity contribution < 1.29 is 19.7 Å². The van der Waals surface area contributed by atoms with E-state index in [9.17, 15) is 15.0 Å². The minimum absolute atomic E-state index is 0.121. The van der Waals surface area contributed by atoms with Gasteiger partial charge in [0, 0.05) is 13.1 Å². The van der Waals surface area contributed by atoms with Gasteiger partial charge in [-0.3, -0.25) is 4.79 Å². The summed E-state index contributed by atoms with van der Waals surface area (Å²) in [5.41, 5.74) is 11.4. The molecule has 0 radical (unpaired) electrons. The largest absolute Gasteiger partial charge is 0.486 e. The maximum atomic E-state index is 11.4. The molecule has 2 heterocycles. The maximum Gasteiger partial charge on any atom is 0.261 e. The van der Waals surface area contributed by atoms with Crippen LogP contribution in [0.25, 0.3) is 0 Å². The number of nitrogens with two attached hydrogens (primary N) is 2. The van der Waals surface area contributed by atoms with Crippen LogP contribution < -0.4 is 21.1 Å². The van der Waals surface area contributed by atoms with E-state index < -0.39 is 18.1 Å². The van der Waals surface area contributed by atoms with Gasteiger partial charge in [-0.2, -0.15) is 0 Å². The molecule has 0 bridgehead atoms. The minimum atomic E-state index is -0.831. The van der Waals surface area contributed by atoms with Gasteiger partial charge in [-0.25, -0.2) is 0 Å². The lowest BCUT2D eigenvalue weighted by Crippen LogP contribution is -2.22. The van der Waals surface area contributed by atoms with Crippen LogP contribution in [0, 0.1) is 0 Å². The van der Waals surface area contributed by atoms with Crippen molar-refractivity contribution in [2.24, 2.45) is 5.73 Å². The van der Waals surface area contributed by atoms with Crippen LogP contribution in [-0.2, 0) is 0 Å². The average molecular weight is 301 g/mol. The lowest BCUT2D eigenvalue weighted by Gasteiger charge is -2.19. The number of aliphatic hydroxyl groups is 2. The molecule has 0 aromatic carbocycles. The Morgan fingerprint density at radius 3 is 2.40 bits per heavy atom. The molecule has 1 fully saturated rings. The Hall–Kier alpha value is -1.51. The number of rotatable bonds is 4. The third-order valence-electron chi connectivity index (χ3n) is 3.01. The maximum absolute atomic E-state index is 11.4. The van der Waals surface area contributed by atoms with Crippen molar-refractivity contribution in [3.8, 4) is 5.75 Å². The molecular weight excluding hydrogens is 282 g/mol. The topological polar surface area (TPSA) is 122 Å². The predicted molar refractivity (Wildman–Crippen MR) is 77.2 cm³/mol. The number of carbonyl (C=O) groups is 1. The molecule has 1 aliphatic heterocycles. The fraction of sp³-hybridized carbons (Fsp3) is 0.583. The number of aliphatic hydroxyl groups excluding tert-OH is 2. The highest BCUT2D eigenvalue weighted by Crippen LogP contribution is 2.46. The second-order valence-electron chi connectivity index (χ2n) is 5.05. The molecule has 2 rings (SSSR count). The first-order valence-electron chi connectivity index (χ1n) is 6.31. The van der Waals surface area contributed by atoms with E-state index in [0.717, 1.165) is 11.3 Å². The normalized spacial score (nSPS) is 22.6. The predicted octanol–water partition coefficient (Wildman–Crippen LogP) is -0.242. The Labute approximate surface area is 120 Å². The van der Waals surface area contributed by atoms with Crippen molar-refractivity contribution in [1.82, 2.24) is 0 Å². The summed E-state index contributed by atoms with van der Waals surface area (Å²) >= 11 is 1.12. The Bertz CT molecular complexity index is 507. The second-order valence-corrected chi connectivity index (χ2v) is 6.05. The molecule has 8 heteroatoms. The zero-order valence-corrected chi connectivity index (χ0v) is 12.2. The molecule has 6 N–H and O–H groups in total. The van der Waals surface area contributed by atoms with E-state index in [1.807, 2.05) is 13.8 Å². The highest BCUT2D eigenvalue weighted by Gasteiger charge is 2.34. The van der Waals surface area contributed by atoms with Crippen LogP contribution >= 0.6 is 11.3 Å². The van der Waals surface area contributed by atoms with Gasteiger partial charge >= 0.3 is 0 Å². The Balaban J connectivity index is 2.40. The van der Waals surface area contributed by atoms with E-state index in [1.165, 1.54) is 0 Å². The molecule has 1 saturated heterocycles. The number of nitrogen functional groups attached to an aromatic ring is 1. The second kappa shape index (κ2) is 5.47. The van der Waals surface area contributed by atoms with Crippen molar-refractivity contribution in [2.75, 3.05) is 23.7 Å². The summed E-state index contributed by atoms with van der Waals surface area (Å²) in [6, 6.07) is 0. The van der Waals surface area contributed by atoms with E-state index in [1.54, 1.807) is 4.90 Å². The first-order valence-corrected chi connectivity index (χ1v) is 7.12. The van der Waals surface area contributed by atoms with E-state index in [0.29, 0.717) is 10.8 Å². The molecule has 2 atom stereocenters. The van der Waals surface area contributed by atoms with E-state index in [4.69, 9.17) is 16.2 Å². The fourth-order valence-electron chi connectivity index (χ4n) is 2.09. The van der Waals surface area contributed by atoms with Crippen LogP contribution in [0.4, 0.5) is 10.7 Å². The van der Waals surface area contributed by atoms with Gasteiger partial charge in [-0.1, -0.05) is 0 Å². The van der Waals surface area contributed by atoms with Crippen LogP contribution in [0.5, 0.6) is 5.75 Å². The molecule has 112 valence electrons. The van der Waals surface area contributed by atoms with Crippen molar-refractivity contribution in [2.45, 2.75) is 32.2 Å². The van der Waals surface area contributed by atoms with Gasteiger partial charge in [0.15, 0.2) is 5.75 Å². The lowest BCUT2D eigenvalue weighted by molar-refractivity contribution is 0.0572. The summed E-state index contributed by atoms with van der Waals surface area (Å²) < 4.78 is 5.66. The summed E-state index contributed by atoms with van der Waals surface area (Å²) in [7, 11) is 0. The molecule has 1 aliphatic rings. The van der Waals surface area contributed by atoms with Crippen LogP contribution in [0.3, 0.4) is 0 Å². The molecule has 1 aromatic rings. The molecule has 20 heavy (non-hydrogen) atoms. The monoisotopic (exact) mass is 301 g/mol. The number of nitrogens with zero attached hydrogens (tertiary/aromatic N) is 1. The number of anilines is 2. The fourth-order valence-corrected chi connectivity index (χ4v) is 3.12. The zero-order valence-electron chi connectivity index (χ0n) is 11.4. The van der Waals surface area contributed by atoms with Crippen molar-refractivity contribution >= 4 is 27.9 Å². The SMILES string of the molecule is CC(C)Oc1c(N2CC(O)C(O)C2)sc(C(N)=O)c1N. The number of primary amides is 1. The standard InChI is InChI=1S/C12H19N3O4S/c1-5(2)19-9-8(13)10(11(14)18)20-12(9)15-3-6(16)7(17)4-15/h5-7,16-17H,3-4,13H2,1-2H3,(H2,14,18). The van der Waals surface area contributed by atoms with Crippen LogP contribution in [-0.4, -0.2) is 47.5 Å². The summed E-state index contributed by atoms with van der Waals surface area (Å²) in [5.74, 6) is -0.229. The van der Waals surface area contributed by atoms with Gasteiger partial charge < -0.3 is 31.3 Å². The summed E-state index contributed by atoms with van der Waals surface area (Å²) in [6.45, 7) is 4.21. The van der Waals surface area contributed by atoms with Crippen molar-refractivity contribution in [3.63, 3.8) is 0 Å². The third kappa shape index (κ3) is 2.67. The van der Waals surface area contributed by atoms with Gasteiger partial charge in [0.2, 0.25) is 0 Å². The number of hydrogen-bond donors (Lipinski definition) is 4. The average Bonchev–Trinajstić information content (AvgIpc) is 2.82. The number of amides is 1. The Morgan fingerprint density at radius 2 is 1.95 bits per heavy atom. The van der Waals surface area contributed by atoms with E-state index in [-0.39, 0.29) is 29.8 Å². The minimum Gasteiger partial charge on any atom is -0.486 e. The van der Waals surface area contributed by atoms with Crippen LogP contribution in [0.2, 0.25) is 0 Å². The summed E-state index contributed by atoms with van der Waals surface area (Å²) in [6.07, 6.45) is -1.78. The third-order valence-corrected chi connectivity index (χ3v) is 4.27. The zero-order chi connectivity index (χ0) is 15.0. The van der Waals surface area contributed by atoms with Gasteiger partial charge in [0.05, 0.1) is 18.3 Å². The number of carbonyl (C=O) groups excluding carboxylic acids is 1. The number of ether oxygens (including phenoxy) is 1. The molecule has 1 aromatic heterocycles. The smallest absolute Gasteiger partial charge is 0.261 e. The first kappa shape index (κ1) is 14.9. The summed E-state index contributed by atoms with van der Waals surface area (Å²) in [5, 5.41) is 19.9. The quantitative estimate of drug-likeness (QED) is 0.609. The van der Waals surface area contributed by atoms with Crippen LogP contribution in [0.15, 0.2) is 0 Å². The number of hydrogen-bond acceptors (Lipinski definition) is 7. The number of β-amino-alcohol motifs (C(OH)–C–C–N with tert-alkyl or cyclic N) is 2. The van der Waals surface area contributed by atoms with Gasteiger partial charge in [0.1, 0.15) is 15.6 Å². The van der Waals surface area contributed by atoms with Crippen molar-refractivity contribution in [3.05, 3.63) is 4.88 Å². The molecule has 0 aliphatic carbocycles. The van der Waals surface area contributed by atoms with Crippen LogP contribution in [0.1, 0.15) is 23.5 Å². The van der Waals surface area contributed by atoms with Gasteiger partial charge in [-0.05, 0) is 13.8 Å². The highest BCUT2D eigenvalue weighted by molar-refractivity contribution is 7.19. The molecule has 7 nitrogen and oxygen atoms in total. The van der Waals surface area contributed by atoms with E-state index >= 15 is 0 Å². The molecule has 2 unspecified atom stereocenters.